The average Bonchev–Trinajstić information content (AvgIpc) is 2.03. The fourth-order valence-corrected chi connectivity index (χ4v) is 1.77. The van der Waals surface area contributed by atoms with Gasteiger partial charge in [-0.1, -0.05) is 13.8 Å². The molecule has 0 aromatic carbocycles. The van der Waals surface area contributed by atoms with E-state index in [-0.39, 0.29) is 12.1 Å². The Kier molecular flexibility index (Phi) is 4.16. The minimum Gasteiger partial charge on any atom is -0.374 e. The van der Waals surface area contributed by atoms with Gasteiger partial charge in [0.05, 0.1) is 12.7 Å². The lowest BCUT2D eigenvalue weighted by molar-refractivity contribution is -0.0349. The molecule has 78 valence electrons. The predicted molar refractivity (Wildman–Crippen MR) is 54.7 cm³/mol. The number of nitrogens with zero attached hydrogens (tertiary/aromatic N) is 1. The number of hydrogen-bond donors (Lipinski definition) is 1. The lowest BCUT2D eigenvalue weighted by Crippen LogP contribution is -2.49. The zero-order valence-corrected chi connectivity index (χ0v) is 8.99. The Hall–Kier alpha value is -0.120. The first kappa shape index (κ1) is 11.0. The number of hydrogen-bond acceptors (Lipinski definition) is 3. The van der Waals surface area contributed by atoms with Crippen molar-refractivity contribution in [2.24, 2.45) is 11.7 Å². The van der Waals surface area contributed by atoms with E-state index < -0.39 is 0 Å². The van der Waals surface area contributed by atoms with Crippen molar-refractivity contribution >= 4 is 0 Å². The van der Waals surface area contributed by atoms with Crippen LogP contribution >= 0.6 is 0 Å². The Balaban J connectivity index is 2.32. The van der Waals surface area contributed by atoms with E-state index in [0.29, 0.717) is 5.92 Å². The summed E-state index contributed by atoms with van der Waals surface area (Å²) in [7, 11) is 2.12. The Morgan fingerprint density at radius 3 is 2.77 bits per heavy atom. The van der Waals surface area contributed by atoms with E-state index >= 15 is 0 Å². The van der Waals surface area contributed by atoms with Crippen LogP contribution < -0.4 is 5.73 Å². The topological polar surface area (TPSA) is 38.5 Å². The molecule has 1 aliphatic heterocycles. The minimum absolute atomic E-state index is 0.197. The summed E-state index contributed by atoms with van der Waals surface area (Å²) < 4.78 is 5.64. The van der Waals surface area contributed by atoms with E-state index in [0.717, 1.165) is 26.1 Å². The summed E-state index contributed by atoms with van der Waals surface area (Å²) in [5, 5.41) is 0. The molecule has 2 N–H and O–H groups in total. The molecule has 1 rings (SSSR count). The molecule has 0 saturated carbocycles. The van der Waals surface area contributed by atoms with Gasteiger partial charge in [-0.05, 0) is 19.4 Å². The molecule has 13 heavy (non-hydrogen) atoms. The van der Waals surface area contributed by atoms with Gasteiger partial charge in [0.25, 0.3) is 0 Å². The summed E-state index contributed by atoms with van der Waals surface area (Å²) in [6, 6.07) is 0.197. The fraction of sp³-hybridized carbons (Fsp3) is 1.00. The van der Waals surface area contributed by atoms with Crippen LogP contribution in [0.15, 0.2) is 0 Å². The minimum atomic E-state index is 0.197. The Labute approximate surface area is 81.2 Å². The van der Waals surface area contributed by atoms with Crippen LogP contribution in [-0.4, -0.2) is 43.8 Å². The molecule has 3 nitrogen and oxygen atoms in total. The average molecular weight is 186 g/mol. The number of morpholine rings is 1. The molecule has 2 atom stereocenters. The third kappa shape index (κ3) is 3.63. The Morgan fingerprint density at radius 2 is 2.23 bits per heavy atom. The SMILES string of the molecule is CC(C)CC(N)C1CN(C)CCO1. The molecule has 0 aliphatic carbocycles. The van der Waals surface area contributed by atoms with E-state index in [4.69, 9.17) is 10.5 Å². The Bertz CT molecular complexity index is 150. The van der Waals surface area contributed by atoms with Gasteiger partial charge in [0.2, 0.25) is 0 Å². The van der Waals surface area contributed by atoms with Crippen molar-refractivity contribution < 1.29 is 4.74 Å². The molecule has 0 bridgehead atoms. The van der Waals surface area contributed by atoms with Crippen LogP contribution in [-0.2, 0) is 4.74 Å². The predicted octanol–water partition coefficient (Wildman–Crippen LogP) is 0.690. The molecular weight excluding hydrogens is 164 g/mol. The van der Waals surface area contributed by atoms with E-state index in [2.05, 4.69) is 25.8 Å². The Morgan fingerprint density at radius 1 is 1.54 bits per heavy atom. The highest BCUT2D eigenvalue weighted by Gasteiger charge is 2.24. The maximum atomic E-state index is 6.06. The van der Waals surface area contributed by atoms with Crippen molar-refractivity contribution in [2.75, 3.05) is 26.7 Å². The molecule has 2 unspecified atom stereocenters. The summed E-state index contributed by atoms with van der Waals surface area (Å²) in [6.07, 6.45) is 1.29. The smallest absolute Gasteiger partial charge is 0.0853 e. The van der Waals surface area contributed by atoms with E-state index in [1.807, 2.05) is 0 Å². The molecular formula is C10H22N2O. The van der Waals surface area contributed by atoms with Crippen LogP contribution in [0.1, 0.15) is 20.3 Å². The van der Waals surface area contributed by atoms with Crippen molar-refractivity contribution in [1.29, 1.82) is 0 Å². The van der Waals surface area contributed by atoms with Crippen molar-refractivity contribution in [3.63, 3.8) is 0 Å². The van der Waals surface area contributed by atoms with Crippen LogP contribution in [0.25, 0.3) is 0 Å². The maximum Gasteiger partial charge on any atom is 0.0853 e. The van der Waals surface area contributed by atoms with E-state index in [9.17, 15) is 0 Å². The highest BCUT2D eigenvalue weighted by Crippen LogP contribution is 2.12. The van der Waals surface area contributed by atoms with Gasteiger partial charge in [0.1, 0.15) is 0 Å². The molecule has 1 aliphatic rings. The summed E-state index contributed by atoms with van der Waals surface area (Å²) in [5.74, 6) is 0.658. The molecule has 0 amide bonds. The van der Waals surface area contributed by atoms with E-state index in [1.165, 1.54) is 0 Å². The van der Waals surface area contributed by atoms with Crippen molar-refractivity contribution in [3.8, 4) is 0 Å². The summed E-state index contributed by atoms with van der Waals surface area (Å²) in [4.78, 5) is 2.29. The third-order valence-electron chi connectivity index (χ3n) is 2.52. The molecule has 0 aromatic rings. The molecule has 1 heterocycles. The third-order valence-corrected chi connectivity index (χ3v) is 2.52. The molecule has 0 aromatic heterocycles. The van der Waals surface area contributed by atoms with Crippen LogP contribution in [0.4, 0.5) is 0 Å². The first-order valence-corrected chi connectivity index (χ1v) is 5.15. The second-order valence-corrected chi connectivity index (χ2v) is 4.46. The maximum absolute atomic E-state index is 6.06. The van der Waals surface area contributed by atoms with Crippen LogP contribution in [0.2, 0.25) is 0 Å². The molecule has 3 heteroatoms. The largest absolute Gasteiger partial charge is 0.374 e. The first-order valence-electron chi connectivity index (χ1n) is 5.15. The number of ether oxygens (including phenoxy) is 1. The number of nitrogens with two attached hydrogens (primary N) is 1. The highest BCUT2D eigenvalue weighted by molar-refractivity contribution is 4.79. The molecule has 1 fully saturated rings. The van der Waals surface area contributed by atoms with Crippen LogP contribution in [0.3, 0.4) is 0 Å². The van der Waals surface area contributed by atoms with Gasteiger partial charge >= 0.3 is 0 Å². The zero-order valence-electron chi connectivity index (χ0n) is 8.99. The summed E-state index contributed by atoms with van der Waals surface area (Å²) >= 11 is 0. The second-order valence-electron chi connectivity index (χ2n) is 4.46. The quantitative estimate of drug-likeness (QED) is 0.705. The lowest BCUT2D eigenvalue weighted by atomic mass is 9.99. The van der Waals surface area contributed by atoms with Crippen LogP contribution in [0.5, 0.6) is 0 Å². The van der Waals surface area contributed by atoms with Gasteiger partial charge in [0, 0.05) is 19.1 Å². The van der Waals surface area contributed by atoms with Gasteiger partial charge in [-0.25, -0.2) is 0 Å². The van der Waals surface area contributed by atoms with Gasteiger partial charge in [0.15, 0.2) is 0 Å². The molecule has 1 saturated heterocycles. The summed E-state index contributed by atoms with van der Waals surface area (Å²) in [6.45, 7) is 7.24. The zero-order chi connectivity index (χ0) is 9.84. The second kappa shape index (κ2) is 4.94. The van der Waals surface area contributed by atoms with Crippen molar-refractivity contribution in [1.82, 2.24) is 4.90 Å². The first-order chi connectivity index (χ1) is 6.09. The number of rotatable bonds is 3. The summed E-state index contributed by atoms with van der Waals surface area (Å²) in [5.41, 5.74) is 6.06. The van der Waals surface area contributed by atoms with E-state index in [1.54, 1.807) is 0 Å². The molecule has 0 spiro atoms. The normalized spacial score (nSPS) is 27.9. The highest BCUT2D eigenvalue weighted by atomic mass is 16.5. The lowest BCUT2D eigenvalue weighted by Gasteiger charge is -2.34. The van der Waals surface area contributed by atoms with Crippen molar-refractivity contribution in [2.45, 2.75) is 32.4 Å². The van der Waals surface area contributed by atoms with Gasteiger partial charge in [-0.15, -0.1) is 0 Å². The van der Waals surface area contributed by atoms with Gasteiger partial charge in [-0.2, -0.15) is 0 Å². The van der Waals surface area contributed by atoms with Gasteiger partial charge in [-0.3, -0.25) is 0 Å². The monoisotopic (exact) mass is 186 g/mol. The van der Waals surface area contributed by atoms with Crippen LogP contribution in [0, 0.1) is 5.92 Å². The standard InChI is InChI=1S/C10H22N2O/c1-8(2)6-9(11)10-7-12(3)4-5-13-10/h8-10H,4-7,11H2,1-3H3. The fourth-order valence-electron chi connectivity index (χ4n) is 1.77. The molecule has 0 radical (unpaired) electrons. The van der Waals surface area contributed by atoms with Crippen molar-refractivity contribution in [3.05, 3.63) is 0 Å². The number of likely N-dealkylation sites (N-methyl/N-ethyl adjacent to an activating group) is 1. The van der Waals surface area contributed by atoms with Gasteiger partial charge < -0.3 is 15.4 Å².